The highest BCUT2D eigenvalue weighted by molar-refractivity contribution is 7.29. The van der Waals surface area contributed by atoms with Gasteiger partial charge >= 0.3 is 0 Å². The molecule has 65 heavy (non-hydrogen) atoms. The van der Waals surface area contributed by atoms with E-state index in [-0.39, 0.29) is 0 Å². The lowest BCUT2D eigenvalue weighted by Gasteiger charge is -2.16. The summed E-state index contributed by atoms with van der Waals surface area (Å²) in [6.45, 7) is 6.96. The molecule has 0 saturated heterocycles. The zero-order valence-electron chi connectivity index (χ0n) is 41.8. The van der Waals surface area contributed by atoms with Crippen LogP contribution in [-0.4, -0.2) is 0 Å². The van der Waals surface area contributed by atoms with Gasteiger partial charge in [0.15, 0.2) is 0 Å². The predicted molar refractivity (Wildman–Crippen MR) is 302 cm³/mol. The van der Waals surface area contributed by atoms with Crippen molar-refractivity contribution >= 4 is 56.7 Å². The maximum absolute atomic E-state index is 2.46. The van der Waals surface area contributed by atoms with E-state index in [0.29, 0.717) is 0 Å². The van der Waals surface area contributed by atoms with E-state index in [9.17, 15) is 0 Å². The van der Waals surface area contributed by atoms with E-state index in [1.165, 1.54) is 270 Å². The minimum absolute atomic E-state index is 0.846. The van der Waals surface area contributed by atoms with Gasteiger partial charge < -0.3 is 0 Å². The number of rotatable bonds is 41. The topological polar surface area (TPSA) is 0 Å². The van der Waals surface area contributed by atoms with Crippen molar-refractivity contribution in [3.8, 4) is 39.0 Å². The molecule has 0 nitrogen and oxygen atoms in total. The minimum Gasteiger partial charge on any atom is -0.139 e. The normalized spacial score (nSPS) is 12.2. The van der Waals surface area contributed by atoms with Crippen molar-refractivity contribution in [2.24, 2.45) is 5.92 Å². The molecule has 0 amide bonds. The van der Waals surface area contributed by atoms with Crippen LogP contribution in [0.1, 0.15) is 249 Å². The second-order valence-electron chi connectivity index (χ2n) is 19.7. The van der Waals surface area contributed by atoms with Crippen LogP contribution in [0, 0.1) is 5.92 Å². The van der Waals surface area contributed by atoms with Gasteiger partial charge in [0.25, 0.3) is 0 Å². The molecule has 0 fully saturated rings. The van der Waals surface area contributed by atoms with Gasteiger partial charge in [-0.3, -0.25) is 0 Å². The smallest absolute Gasteiger partial charge is 0.0449 e. The average molecular weight is 974 g/mol. The van der Waals surface area contributed by atoms with Crippen molar-refractivity contribution < 1.29 is 0 Å². The molecule has 5 heterocycles. The first-order chi connectivity index (χ1) is 32.2. The fourth-order valence-corrected chi connectivity index (χ4v) is 15.2. The number of unbranched alkanes of at least 4 members (excludes halogenated alkanes) is 29. The van der Waals surface area contributed by atoms with E-state index < -0.39 is 0 Å². The maximum atomic E-state index is 2.46. The number of aryl methyl sites for hydroxylation is 1. The Morgan fingerprint density at radius 3 is 0.846 bits per heavy atom. The van der Waals surface area contributed by atoms with Crippen molar-refractivity contribution in [1.29, 1.82) is 0 Å². The van der Waals surface area contributed by atoms with Crippen LogP contribution >= 0.6 is 56.7 Å². The van der Waals surface area contributed by atoms with Gasteiger partial charge in [-0.15, -0.1) is 56.7 Å². The molecule has 0 aliphatic heterocycles. The Labute approximate surface area is 420 Å². The third-order valence-electron chi connectivity index (χ3n) is 13.8. The molecular formula is C60H92S5. The van der Waals surface area contributed by atoms with E-state index in [0.717, 1.165) is 5.92 Å². The summed E-state index contributed by atoms with van der Waals surface area (Å²) in [5, 5.41) is 0. The van der Waals surface area contributed by atoms with Gasteiger partial charge in [0, 0.05) is 48.8 Å². The summed E-state index contributed by atoms with van der Waals surface area (Å²) in [6, 6.07) is 23.8. The van der Waals surface area contributed by atoms with Crippen LogP contribution in [0.15, 0.2) is 60.7 Å². The van der Waals surface area contributed by atoms with E-state index in [1.807, 2.05) is 45.3 Å². The zero-order chi connectivity index (χ0) is 45.4. The van der Waals surface area contributed by atoms with Crippen LogP contribution in [0.25, 0.3) is 39.0 Å². The summed E-state index contributed by atoms with van der Waals surface area (Å²) in [6.07, 6.45) is 51.1. The second kappa shape index (κ2) is 34.7. The largest absolute Gasteiger partial charge is 0.139 e. The van der Waals surface area contributed by atoms with Crippen LogP contribution in [0.5, 0.6) is 0 Å². The Hall–Kier alpha value is -1.50. The third-order valence-corrected chi connectivity index (χ3v) is 20.1. The highest BCUT2D eigenvalue weighted by Crippen LogP contribution is 2.45. The minimum atomic E-state index is 0.846. The summed E-state index contributed by atoms with van der Waals surface area (Å²) >= 11 is 9.99. The maximum Gasteiger partial charge on any atom is 0.0449 e. The lowest BCUT2D eigenvalue weighted by atomic mass is 9.91. The first kappa shape index (κ1) is 54.4. The number of hydrogen-bond donors (Lipinski definition) is 0. The Bertz CT molecular complexity index is 1860. The number of hydrogen-bond acceptors (Lipinski definition) is 5. The Morgan fingerprint density at radius 2 is 0.508 bits per heavy atom. The molecule has 362 valence electrons. The highest BCUT2D eigenvalue weighted by Gasteiger charge is 2.16. The fraction of sp³-hybridized carbons (Fsp3) is 0.667. The molecular weight excluding hydrogens is 881 g/mol. The third kappa shape index (κ3) is 22.2. The van der Waals surface area contributed by atoms with E-state index in [4.69, 9.17) is 0 Å². The summed E-state index contributed by atoms with van der Waals surface area (Å²) in [5.74, 6) is 0.846. The van der Waals surface area contributed by atoms with Crippen LogP contribution < -0.4 is 0 Å². The molecule has 5 aromatic rings. The van der Waals surface area contributed by atoms with Crippen LogP contribution in [0.4, 0.5) is 0 Å². The first-order valence-electron chi connectivity index (χ1n) is 27.6. The van der Waals surface area contributed by atoms with E-state index in [2.05, 4.69) is 92.8 Å². The Balaban J connectivity index is 0.985. The standard InChI is InChI=1S/C60H92S5/c1-4-7-10-13-16-18-19-20-21-22-23-24-25-26-27-29-32-35-38-51-39-41-53(61-51)55-43-45-57(63-55)59-47-48-60(65-59)58-46-44-56(64-58)54-42-40-52(62-54)49-50(36-33-30-15-12-9-6-3)37-34-31-28-17-14-11-8-5-2/h39-48,50H,4-38,49H2,1-3H3. The lowest BCUT2D eigenvalue weighted by Crippen LogP contribution is -2.04. The molecule has 0 aromatic carbocycles. The van der Waals surface area contributed by atoms with Crippen LogP contribution in [0.2, 0.25) is 0 Å². The highest BCUT2D eigenvalue weighted by atomic mass is 32.1. The summed E-state index contributed by atoms with van der Waals surface area (Å²) in [4.78, 5) is 14.5. The van der Waals surface area contributed by atoms with Crippen molar-refractivity contribution in [1.82, 2.24) is 0 Å². The van der Waals surface area contributed by atoms with Crippen molar-refractivity contribution in [2.75, 3.05) is 0 Å². The zero-order valence-corrected chi connectivity index (χ0v) is 45.9. The fourth-order valence-electron chi connectivity index (χ4n) is 9.69. The van der Waals surface area contributed by atoms with Gasteiger partial charge in [-0.25, -0.2) is 0 Å². The van der Waals surface area contributed by atoms with Gasteiger partial charge in [-0.2, -0.15) is 0 Å². The summed E-state index contributed by atoms with van der Waals surface area (Å²) < 4.78 is 0. The molecule has 0 N–H and O–H groups in total. The van der Waals surface area contributed by atoms with Gasteiger partial charge in [-0.05, 0) is 85.8 Å². The van der Waals surface area contributed by atoms with Gasteiger partial charge in [0.05, 0.1) is 0 Å². The van der Waals surface area contributed by atoms with E-state index in [1.54, 1.807) is 9.75 Å². The monoisotopic (exact) mass is 973 g/mol. The molecule has 5 rings (SSSR count). The lowest BCUT2D eigenvalue weighted by molar-refractivity contribution is 0.402. The van der Waals surface area contributed by atoms with Gasteiger partial charge in [0.1, 0.15) is 0 Å². The Kier molecular flexibility index (Phi) is 29.1. The summed E-state index contributed by atoms with van der Waals surface area (Å²) in [5.41, 5.74) is 0. The second-order valence-corrected chi connectivity index (χ2v) is 25.3. The van der Waals surface area contributed by atoms with Crippen molar-refractivity contribution in [2.45, 2.75) is 252 Å². The average Bonchev–Trinajstić information content (AvgIpc) is 4.18. The predicted octanol–water partition coefficient (Wildman–Crippen LogP) is 23.7. The molecule has 0 saturated carbocycles. The Morgan fingerprint density at radius 1 is 0.262 bits per heavy atom. The molecule has 5 heteroatoms. The molecule has 0 bridgehead atoms. The van der Waals surface area contributed by atoms with Crippen molar-refractivity contribution in [3.63, 3.8) is 0 Å². The summed E-state index contributed by atoms with van der Waals surface area (Å²) in [7, 11) is 0. The molecule has 1 atom stereocenters. The van der Waals surface area contributed by atoms with Crippen molar-refractivity contribution in [3.05, 3.63) is 70.4 Å². The molecule has 1 unspecified atom stereocenters. The quantitative estimate of drug-likeness (QED) is 0.0342. The molecule has 0 aliphatic rings. The molecule has 0 radical (unpaired) electrons. The van der Waals surface area contributed by atoms with Crippen LogP contribution in [-0.2, 0) is 12.8 Å². The van der Waals surface area contributed by atoms with E-state index >= 15 is 0 Å². The first-order valence-corrected chi connectivity index (χ1v) is 31.7. The van der Waals surface area contributed by atoms with Gasteiger partial charge in [0.2, 0.25) is 0 Å². The SMILES string of the molecule is CCCCCCCCCCCCCCCCCCCCc1ccc(-c2ccc(-c3ccc(-c4ccc(-c5ccc(CC(CCCCCCCC)CCCCCCCCCC)s5)s4)s3)s2)s1. The number of thiophene rings is 5. The van der Waals surface area contributed by atoms with Gasteiger partial charge in [-0.1, -0.05) is 233 Å². The molecule has 5 aromatic heterocycles. The molecule has 0 spiro atoms. The molecule has 0 aliphatic carbocycles. The van der Waals surface area contributed by atoms with Crippen LogP contribution in [0.3, 0.4) is 0 Å².